The molecular formula is C19H14ClNO5. The number of rotatable bonds is 4. The highest BCUT2D eigenvalue weighted by Crippen LogP contribution is 2.28. The molecule has 2 aromatic carbocycles. The molecule has 0 aliphatic rings. The highest BCUT2D eigenvalue weighted by molar-refractivity contribution is 6.31. The standard InChI is InChI=1S/C19H14ClNO5/c1-11-14-9-13(20)7-8-15(14)26-17(11)19(24)25-10-16(22)21-18(23)12-5-3-2-4-6-12/h2-9H,10H2,1H3,(H,21,22,23). The molecule has 3 aromatic rings. The molecule has 3 rings (SSSR count). The zero-order chi connectivity index (χ0) is 18.7. The van der Waals surface area contributed by atoms with Crippen LogP contribution >= 0.6 is 11.6 Å². The molecule has 0 spiro atoms. The number of halogens is 1. The molecule has 0 saturated carbocycles. The SMILES string of the molecule is Cc1c(C(=O)OCC(=O)NC(=O)c2ccccc2)oc2ccc(Cl)cc12. The lowest BCUT2D eigenvalue weighted by Gasteiger charge is -2.05. The van der Waals surface area contributed by atoms with E-state index in [9.17, 15) is 14.4 Å². The summed E-state index contributed by atoms with van der Waals surface area (Å²) in [5, 5.41) is 3.35. The van der Waals surface area contributed by atoms with E-state index in [1.165, 1.54) is 0 Å². The average molecular weight is 372 g/mol. The van der Waals surface area contributed by atoms with Crippen molar-refractivity contribution >= 4 is 40.4 Å². The molecule has 26 heavy (non-hydrogen) atoms. The van der Waals surface area contributed by atoms with Crippen molar-refractivity contribution in [3.63, 3.8) is 0 Å². The maximum absolute atomic E-state index is 12.2. The minimum atomic E-state index is -0.794. The van der Waals surface area contributed by atoms with Crippen LogP contribution in [0.25, 0.3) is 11.0 Å². The van der Waals surface area contributed by atoms with Crippen LogP contribution < -0.4 is 5.32 Å². The second kappa shape index (κ2) is 7.41. The number of hydrogen-bond donors (Lipinski definition) is 1. The van der Waals surface area contributed by atoms with Crippen molar-refractivity contribution < 1.29 is 23.5 Å². The Morgan fingerprint density at radius 2 is 1.85 bits per heavy atom. The van der Waals surface area contributed by atoms with Gasteiger partial charge in [0, 0.05) is 21.5 Å². The molecule has 0 aliphatic carbocycles. The van der Waals surface area contributed by atoms with E-state index in [4.69, 9.17) is 20.8 Å². The van der Waals surface area contributed by atoms with Gasteiger partial charge in [-0.2, -0.15) is 0 Å². The number of carbonyl (C=O) groups excluding carboxylic acids is 3. The average Bonchev–Trinajstić information content (AvgIpc) is 2.97. The first-order valence-electron chi connectivity index (χ1n) is 7.70. The van der Waals surface area contributed by atoms with E-state index in [-0.39, 0.29) is 5.76 Å². The highest BCUT2D eigenvalue weighted by Gasteiger charge is 2.20. The lowest BCUT2D eigenvalue weighted by atomic mass is 10.1. The van der Waals surface area contributed by atoms with Gasteiger partial charge in [0.25, 0.3) is 11.8 Å². The summed E-state index contributed by atoms with van der Waals surface area (Å²) in [6.07, 6.45) is 0. The second-order valence-corrected chi connectivity index (χ2v) is 5.95. The highest BCUT2D eigenvalue weighted by atomic mass is 35.5. The van der Waals surface area contributed by atoms with Crippen molar-refractivity contribution in [2.75, 3.05) is 6.61 Å². The molecule has 1 N–H and O–H groups in total. The first-order valence-corrected chi connectivity index (χ1v) is 8.08. The molecule has 0 bridgehead atoms. The van der Waals surface area contributed by atoms with Crippen LogP contribution in [0.1, 0.15) is 26.5 Å². The van der Waals surface area contributed by atoms with Gasteiger partial charge in [-0.3, -0.25) is 14.9 Å². The lowest BCUT2D eigenvalue weighted by molar-refractivity contribution is -0.123. The van der Waals surface area contributed by atoms with Crippen LogP contribution in [0.15, 0.2) is 52.9 Å². The zero-order valence-corrected chi connectivity index (χ0v) is 14.5. The Kier molecular flexibility index (Phi) is 5.04. The Balaban J connectivity index is 1.63. The number of fused-ring (bicyclic) bond motifs is 1. The number of nitrogens with one attached hydrogen (secondary N) is 1. The Morgan fingerprint density at radius 1 is 1.12 bits per heavy atom. The molecule has 2 amide bonds. The number of furan rings is 1. The first-order chi connectivity index (χ1) is 12.5. The molecular weight excluding hydrogens is 358 g/mol. The van der Waals surface area contributed by atoms with Gasteiger partial charge < -0.3 is 9.15 Å². The molecule has 7 heteroatoms. The van der Waals surface area contributed by atoms with Crippen LogP contribution in [0.3, 0.4) is 0 Å². The maximum atomic E-state index is 12.2. The van der Waals surface area contributed by atoms with E-state index in [0.29, 0.717) is 27.1 Å². The van der Waals surface area contributed by atoms with E-state index in [0.717, 1.165) is 0 Å². The van der Waals surface area contributed by atoms with Crippen LogP contribution in [0.5, 0.6) is 0 Å². The molecule has 0 fully saturated rings. The van der Waals surface area contributed by atoms with E-state index < -0.39 is 24.4 Å². The molecule has 1 aromatic heterocycles. The zero-order valence-electron chi connectivity index (χ0n) is 13.7. The van der Waals surface area contributed by atoms with Gasteiger partial charge in [-0.1, -0.05) is 29.8 Å². The Labute approximate surface area is 153 Å². The first kappa shape index (κ1) is 17.7. The summed E-state index contributed by atoms with van der Waals surface area (Å²) < 4.78 is 10.4. The molecule has 6 nitrogen and oxygen atoms in total. The van der Waals surface area contributed by atoms with Crippen molar-refractivity contribution in [1.82, 2.24) is 5.32 Å². The van der Waals surface area contributed by atoms with Gasteiger partial charge in [0.2, 0.25) is 5.76 Å². The molecule has 0 radical (unpaired) electrons. The summed E-state index contributed by atoms with van der Waals surface area (Å²) in [6, 6.07) is 13.2. The van der Waals surface area contributed by atoms with Gasteiger partial charge in [-0.25, -0.2) is 4.79 Å². The molecule has 132 valence electrons. The fourth-order valence-electron chi connectivity index (χ4n) is 2.41. The van der Waals surface area contributed by atoms with Crippen molar-refractivity contribution in [1.29, 1.82) is 0 Å². The minimum Gasteiger partial charge on any atom is -0.450 e. The third kappa shape index (κ3) is 3.75. The van der Waals surface area contributed by atoms with Gasteiger partial charge in [-0.15, -0.1) is 0 Å². The van der Waals surface area contributed by atoms with E-state index in [2.05, 4.69) is 5.32 Å². The fraction of sp³-hybridized carbons (Fsp3) is 0.105. The van der Waals surface area contributed by atoms with Crippen LogP contribution in [0, 0.1) is 6.92 Å². The van der Waals surface area contributed by atoms with E-state index >= 15 is 0 Å². The quantitative estimate of drug-likeness (QED) is 0.709. The number of imide groups is 1. The Hall–Kier alpha value is -3.12. The number of hydrogen-bond acceptors (Lipinski definition) is 5. The molecule has 0 saturated heterocycles. The van der Waals surface area contributed by atoms with Crippen molar-refractivity contribution in [2.45, 2.75) is 6.92 Å². The lowest BCUT2D eigenvalue weighted by Crippen LogP contribution is -2.34. The molecule has 1 heterocycles. The van der Waals surface area contributed by atoms with E-state index in [1.807, 2.05) is 0 Å². The Bertz CT molecular complexity index is 994. The van der Waals surface area contributed by atoms with Crippen LogP contribution in [-0.4, -0.2) is 24.4 Å². The summed E-state index contributed by atoms with van der Waals surface area (Å²) in [5.74, 6) is -2.10. The van der Waals surface area contributed by atoms with Crippen molar-refractivity contribution in [3.05, 3.63) is 70.4 Å². The molecule has 0 atom stereocenters. The third-order valence-electron chi connectivity index (χ3n) is 3.71. The summed E-state index contributed by atoms with van der Waals surface area (Å²) >= 11 is 5.94. The van der Waals surface area contributed by atoms with Crippen molar-refractivity contribution in [2.24, 2.45) is 0 Å². The largest absolute Gasteiger partial charge is 0.450 e. The van der Waals surface area contributed by atoms with E-state index in [1.54, 1.807) is 55.5 Å². The van der Waals surface area contributed by atoms with Gasteiger partial charge in [-0.05, 0) is 37.3 Å². The number of amides is 2. The van der Waals surface area contributed by atoms with Crippen LogP contribution in [0.4, 0.5) is 0 Å². The summed E-state index contributed by atoms with van der Waals surface area (Å²) in [4.78, 5) is 35.8. The normalized spacial score (nSPS) is 10.5. The summed E-state index contributed by atoms with van der Waals surface area (Å²) in [5.41, 5.74) is 1.38. The predicted octanol–water partition coefficient (Wildman–Crippen LogP) is 3.51. The predicted molar refractivity (Wildman–Crippen MR) is 95.2 cm³/mol. The van der Waals surface area contributed by atoms with Gasteiger partial charge in [0.1, 0.15) is 5.58 Å². The topological polar surface area (TPSA) is 85.6 Å². The fourth-order valence-corrected chi connectivity index (χ4v) is 2.58. The molecule has 0 unspecified atom stereocenters. The van der Waals surface area contributed by atoms with Gasteiger partial charge >= 0.3 is 5.97 Å². The Morgan fingerprint density at radius 3 is 2.58 bits per heavy atom. The third-order valence-corrected chi connectivity index (χ3v) is 3.94. The smallest absolute Gasteiger partial charge is 0.375 e. The number of aryl methyl sites for hydroxylation is 1. The number of esters is 1. The number of carbonyl (C=O) groups is 3. The minimum absolute atomic E-state index is 0.00977. The van der Waals surface area contributed by atoms with Crippen LogP contribution in [0.2, 0.25) is 5.02 Å². The summed E-state index contributed by atoms with van der Waals surface area (Å²) in [7, 11) is 0. The second-order valence-electron chi connectivity index (χ2n) is 5.52. The van der Waals surface area contributed by atoms with Gasteiger partial charge in [0.05, 0.1) is 0 Å². The summed E-state index contributed by atoms with van der Waals surface area (Å²) in [6.45, 7) is 1.09. The molecule has 0 aliphatic heterocycles. The maximum Gasteiger partial charge on any atom is 0.375 e. The van der Waals surface area contributed by atoms with Crippen LogP contribution in [-0.2, 0) is 9.53 Å². The number of benzene rings is 2. The monoisotopic (exact) mass is 371 g/mol. The van der Waals surface area contributed by atoms with Gasteiger partial charge in [0.15, 0.2) is 6.61 Å². The van der Waals surface area contributed by atoms with Crippen molar-refractivity contribution in [3.8, 4) is 0 Å². The number of ether oxygens (including phenoxy) is 1.